The number of halogens is 1. The molecule has 1 aromatic carbocycles. The van der Waals surface area contributed by atoms with Crippen LogP contribution in [0.5, 0.6) is 0 Å². The Bertz CT molecular complexity index is 314. The maximum absolute atomic E-state index is 10.6. The van der Waals surface area contributed by atoms with Crippen LogP contribution in [-0.2, 0) is 0 Å². The number of amides is 1. The summed E-state index contributed by atoms with van der Waals surface area (Å²) in [7, 11) is 0. The van der Waals surface area contributed by atoms with Crippen LogP contribution in [0.1, 0.15) is 5.56 Å². The van der Waals surface area contributed by atoms with Crippen LogP contribution in [0.4, 0.5) is 10.5 Å². The van der Waals surface area contributed by atoms with Crippen molar-refractivity contribution >= 4 is 39.5 Å². The van der Waals surface area contributed by atoms with Crippen molar-refractivity contribution in [2.75, 3.05) is 5.32 Å². The van der Waals surface area contributed by atoms with E-state index in [1.807, 2.05) is 25.1 Å². The van der Waals surface area contributed by atoms with Gasteiger partial charge in [-0.3, -0.25) is 4.79 Å². The lowest BCUT2D eigenvalue weighted by Gasteiger charge is -2.03. The van der Waals surface area contributed by atoms with Crippen LogP contribution in [0.2, 0.25) is 0 Å². The SMILES string of the molecule is Cc1cc(NC(=O)S)ccc1Br. The Morgan fingerprint density at radius 2 is 2.25 bits per heavy atom. The minimum Gasteiger partial charge on any atom is -0.317 e. The highest BCUT2D eigenvalue weighted by molar-refractivity contribution is 9.10. The second-order valence-electron chi connectivity index (χ2n) is 2.39. The molecule has 0 saturated heterocycles. The summed E-state index contributed by atoms with van der Waals surface area (Å²) in [4.78, 5) is 10.6. The number of anilines is 1. The van der Waals surface area contributed by atoms with Gasteiger partial charge in [-0.25, -0.2) is 0 Å². The summed E-state index contributed by atoms with van der Waals surface area (Å²) in [5.74, 6) is 0. The van der Waals surface area contributed by atoms with Gasteiger partial charge in [-0.2, -0.15) is 0 Å². The molecule has 0 spiro atoms. The van der Waals surface area contributed by atoms with Crippen molar-refractivity contribution < 1.29 is 4.79 Å². The van der Waals surface area contributed by atoms with Crippen molar-refractivity contribution in [3.05, 3.63) is 28.2 Å². The Morgan fingerprint density at radius 3 is 2.75 bits per heavy atom. The lowest BCUT2D eigenvalue weighted by molar-refractivity contribution is 0.270. The van der Waals surface area contributed by atoms with Crippen LogP contribution in [-0.4, -0.2) is 5.24 Å². The van der Waals surface area contributed by atoms with Gasteiger partial charge < -0.3 is 5.32 Å². The molecule has 0 aliphatic carbocycles. The maximum Gasteiger partial charge on any atom is 0.280 e. The van der Waals surface area contributed by atoms with Crippen LogP contribution < -0.4 is 5.32 Å². The molecular formula is C8H8BrNOS. The van der Waals surface area contributed by atoms with Gasteiger partial charge in [0.1, 0.15) is 0 Å². The summed E-state index contributed by atoms with van der Waals surface area (Å²) in [6.45, 7) is 1.96. The molecule has 4 heteroatoms. The lowest BCUT2D eigenvalue weighted by Crippen LogP contribution is -2.00. The number of benzene rings is 1. The number of thiol groups is 1. The average Bonchev–Trinajstić information content (AvgIpc) is 1.96. The standard InChI is InChI=1S/C8H8BrNOS/c1-5-4-6(10-8(11)12)2-3-7(5)9/h2-4H,1H3,(H2,10,11,12). The van der Waals surface area contributed by atoms with E-state index in [0.717, 1.165) is 15.7 Å². The number of nitrogens with one attached hydrogen (secondary N) is 1. The fourth-order valence-electron chi connectivity index (χ4n) is 0.846. The molecule has 0 aliphatic rings. The smallest absolute Gasteiger partial charge is 0.280 e. The molecule has 1 N–H and O–H groups in total. The van der Waals surface area contributed by atoms with E-state index in [-0.39, 0.29) is 5.24 Å². The highest BCUT2D eigenvalue weighted by Gasteiger charge is 1.98. The van der Waals surface area contributed by atoms with E-state index in [0.29, 0.717) is 0 Å². The third kappa shape index (κ3) is 2.53. The Labute approximate surface area is 84.9 Å². The number of hydrogen-bond donors (Lipinski definition) is 2. The number of hydrogen-bond acceptors (Lipinski definition) is 1. The first kappa shape index (κ1) is 9.61. The first-order valence-electron chi connectivity index (χ1n) is 3.35. The average molecular weight is 246 g/mol. The number of carbonyl (C=O) groups is 1. The van der Waals surface area contributed by atoms with Crippen LogP contribution in [0.3, 0.4) is 0 Å². The molecule has 0 heterocycles. The van der Waals surface area contributed by atoms with Crippen LogP contribution >= 0.6 is 28.6 Å². The van der Waals surface area contributed by atoms with Gasteiger partial charge >= 0.3 is 0 Å². The van der Waals surface area contributed by atoms with Gasteiger partial charge in [-0.1, -0.05) is 28.6 Å². The molecule has 1 amide bonds. The minimum absolute atomic E-state index is 0.350. The van der Waals surface area contributed by atoms with Crippen molar-refractivity contribution in [1.82, 2.24) is 0 Å². The molecular weight excluding hydrogens is 238 g/mol. The highest BCUT2D eigenvalue weighted by atomic mass is 79.9. The summed E-state index contributed by atoms with van der Waals surface area (Å²) in [5.41, 5.74) is 1.84. The molecule has 12 heavy (non-hydrogen) atoms. The summed E-state index contributed by atoms with van der Waals surface area (Å²) >= 11 is 6.97. The first-order valence-corrected chi connectivity index (χ1v) is 4.59. The fourth-order valence-corrected chi connectivity index (χ4v) is 1.22. The van der Waals surface area contributed by atoms with E-state index >= 15 is 0 Å². The number of carbonyl (C=O) groups excluding carboxylic acids is 1. The largest absolute Gasteiger partial charge is 0.317 e. The Balaban J connectivity index is 2.89. The lowest BCUT2D eigenvalue weighted by atomic mass is 10.2. The van der Waals surface area contributed by atoms with Crippen LogP contribution in [0, 0.1) is 6.92 Å². The molecule has 2 nitrogen and oxygen atoms in total. The van der Waals surface area contributed by atoms with Gasteiger partial charge in [0.2, 0.25) is 0 Å². The quantitative estimate of drug-likeness (QED) is 0.732. The molecule has 0 aliphatic heterocycles. The predicted octanol–water partition coefficient (Wildman–Crippen LogP) is 3.22. The molecule has 64 valence electrons. The number of aryl methyl sites for hydroxylation is 1. The van der Waals surface area contributed by atoms with Crippen molar-refractivity contribution in [2.24, 2.45) is 0 Å². The van der Waals surface area contributed by atoms with Crippen molar-refractivity contribution in [3.63, 3.8) is 0 Å². The minimum atomic E-state index is -0.350. The molecule has 1 aromatic rings. The van der Waals surface area contributed by atoms with Gasteiger partial charge in [0.15, 0.2) is 0 Å². The normalized spacial score (nSPS) is 9.58. The van der Waals surface area contributed by atoms with Crippen LogP contribution in [0.15, 0.2) is 22.7 Å². The summed E-state index contributed by atoms with van der Waals surface area (Å²) < 4.78 is 1.03. The topological polar surface area (TPSA) is 29.1 Å². The van der Waals surface area contributed by atoms with Gasteiger partial charge in [0, 0.05) is 10.2 Å². The van der Waals surface area contributed by atoms with Gasteiger partial charge in [-0.15, -0.1) is 0 Å². The van der Waals surface area contributed by atoms with Gasteiger partial charge in [0.25, 0.3) is 5.24 Å². The molecule has 1 rings (SSSR count). The van der Waals surface area contributed by atoms with E-state index in [1.54, 1.807) is 0 Å². The van der Waals surface area contributed by atoms with Gasteiger partial charge in [0.05, 0.1) is 0 Å². The summed E-state index contributed by atoms with van der Waals surface area (Å²) in [6.07, 6.45) is 0. The zero-order valence-corrected chi connectivity index (χ0v) is 8.95. The second kappa shape index (κ2) is 3.96. The number of rotatable bonds is 1. The molecule has 0 saturated carbocycles. The van der Waals surface area contributed by atoms with Crippen molar-refractivity contribution in [1.29, 1.82) is 0 Å². The predicted molar refractivity (Wildman–Crippen MR) is 56.9 cm³/mol. The third-order valence-electron chi connectivity index (χ3n) is 1.41. The zero-order valence-electron chi connectivity index (χ0n) is 6.47. The van der Waals surface area contributed by atoms with E-state index in [4.69, 9.17) is 0 Å². The molecule has 0 fully saturated rings. The molecule has 0 atom stereocenters. The Morgan fingerprint density at radius 1 is 1.58 bits per heavy atom. The molecule has 0 bridgehead atoms. The second-order valence-corrected chi connectivity index (χ2v) is 3.65. The molecule has 0 radical (unpaired) electrons. The maximum atomic E-state index is 10.6. The van der Waals surface area contributed by atoms with E-state index in [1.165, 1.54) is 0 Å². The van der Waals surface area contributed by atoms with E-state index < -0.39 is 0 Å². The van der Waals surface area contributed by atoms with E-state index in [2.05, 4.69) is 33.9 Å². The van der Waals surface area contributed by atoms with Crippen molar-refractivity contribution in [3.8, 4) is 0 Å². The van der Waals surface area contributed by atoms with Gasteiger partial charge in [-0.05, 0) is 30.7 Å². The third-order valence-corrected chi connectivity index (χ3v) is 2.41. The highest BCUT2D eigenvalue weighted by Crippen LogP contribution is 2.19. The summed E-state index contributed by atoms with van der Waals surface area (Å²) in [5, 5.41) is 2.23. The Hall–Kier alpha value is -0.480. The van der Waals surface area contributed by atoms with Crippen molar-refractivity contribution in [2.45, 2.75) is 6.92 Å². The molecule has 0 aromatic heterocycles. The zero-order chi connectivity index (χ0) is 9.14. The molecule has 0 unspecified atom stereocenters. The Kier molecular flexibility index (Phi) is 3.17. The first-order chi connectivity index (χ1) is 5.59. The summed E-state index contributed by atoms with van der Waals surface area (Å²) in [6, 6.07) is 5.57. The van der Waals surface area contributed by atoms with Crippen LogP contribution in [0.25, 0.3) is 0 Å². The fraction of sp³-hybridized carbons (Fsp3) is 0.125. The monoisotopic (exact) mass is 245 g/mol. The van der Waals surface area contributed by atoms with E-state index in [9.17, 15) is 4.79 Å².